The predicted octanol–water partition coefficient (Wildman–Crippen LogP) is 2.10. The first-order chi connectivity index (χ1) is 5.02. The fraction of sp³-hybridized carbons (Fsp3) is 0.714. The Labute approximate surface area is 64.3 Å². The molecule has 0 aromatic carbocycles. The molecule has 0 radical (unpaired) electrons. The highest BCUT2D eigenvalue weighted by atomic mass is 19.4. The Kier molecular flexibility index (Phi) is 4.18. The monoisotopic (exact) mass is 167 g/mol. The van der Waals surface area contributed by atoms with Crippen molar-refractivity contribution in [3.05, 3.63) is 12.7 Å². The lowest BCUT2D eigenvalue weighted by atomic mass is 10.3. The van der Waals surface area contributed by atoms with Gasteiger partial charge in [0.15, 0.2) is 0 Å². The fourth-order valence-electron chi connectivity index (χ4n) is 0.633. The van der Waals surface area contributed by atoms with Crippen molar-refractivity contribution in [2.24, 2.45) is 0 Å². The molecule has 0 aromatic heterocycles. The molecule has 0 fully saturated rings. The van der Waals surface area contributed by atoms with E-state index in [0.717, 1.165) is 6.08 Å². The molecule has 0 saturated carbocycles. The van der Waals surface area contributed by atoms with E-state index in [0.29, 0.717) is 13.0 Å². The molecule has 1 unspecified atom stereocenters. The van der Waals surface area contributed by atoms with E-state index in [1.165, 1.54) is 0 Å². The zero-order chi connectivity index (χ0) is 8.91. The largest absolute Gasteiger partial charge is 0.407 e. The molecule has 1 atom stereocenters. The van der Waals surface area contributed by atoms with Crippen molar-refractivity contribution >= 4 is 0 Å². The molecule has 0 aliphatic carbocycles. The molecule has 0 amide bonds. The third-order valence-corrected chi connectivity index (χ3v) is 1.20. The van der Waals surface area contributed by atoms with E-state index >= 15 is 0 Å². The number of hydrogen-bond donors (Lipinski definition) is 1. The SMILES string of the molecule is C=CC(NCCC)C(F)(F)F. The standard InChI is InChI=1S/C7H12F3N/c1-3-5-11-6(4-2)7(8,9)10/h4,6,11H,2-3,5H2,1H3. The van der Waals surface area contributed by atoms with E-state index in [9.17, 15) is 13.2 Å². The second-order valence-electron chi connectivity index (χ2n) is 2.21. The molecule has 0 aliphatic heterocycles. The van der Waals surface area contributed by atoms with Gasteiger partial charge in [-0.1, -0.05) is 13.0 Å². The van der Waals surface area contributed by atoms with Crippen LogP contribution < -0.4 is 5.32 Å². The van der Waals surface area contributed by atoms with Gasteiger partial charge in [-0.2, -0.15) is 13.2 Å². The molecule has 0 saturated heterocycles. The molecular weight excluding hydrogens is 155 g/mol. The summed E-state index contributed by atoms with van der Waals surface area (Å²) in [5.74, 6) is 0. The third kappa shape index (κ3) is 4.03. The van der Waals surface area contributed by atoms with Gasteiger partial charge < -0.3 is 5.32 Å². The quantitative estimate of drug-likeness (QED) is 0.632. The van der Waals surface area contributed by atoms with Crippen LogP contribution in [-0.2, 0) is 0 Å². The summed E-state index contributed by atoms with van der Waals surface area (Å²) in [6.45, 7) is 5.26. The topological polar surface area (TPSA) is 12.0 Å². The zero-order valence-electron chi connectivity index (χ0n) is 6.41. The number of halogens is 3. The second-order valence-corrected chi connectivity index (χ2v) is 2.21. The molecule has 0 aliphatic rings. The normalized spacial score (nSPS) is 14.5. The molecule has 1 N–H and O–H groups in total. The highest BCUT2D eigenvalue weighted by Crippen LogP contribution is 2.20. The lowest BCUT2D eigenvalue weighted by Gasteiger charge is -2.17. The number of hydrogen-bond acceptors (Lipinski definition) is 1. The minimum Gasteiger partial charge on any atom is -0.303 e. The molecule has 66 valence electrons. The van der Waals surface area contributed by atoms with Gasteiger partial charge in [0, 0.05) is 0 Å². The van der Waals surface area contributed by atoms with Crippen molar-refractivity contribution < 1.29 is 13.2 Å². The summed E-state index contributed by atoms with van der Waals surface area (Å²) < 4.78 is 35.7. The second kappa shape index (κ2) is 4.38. The highest BCUT2D eigenvalue weighted by molar-refractivity contribution is 4.91. The predicted molar refractivity (Wildman–Crippen MR) is 38.3 cm³/mol. The Morgan fingerprint density at radius 1 is 1.55 bits per heavy atom. The summed E-state index contributed by atoms with van der Waals surface area (Å²) in [7, 11) is 0. The number of nitrogens with one attached hydrogen (secondary N) is 1. The Balaban J connectivity index is 3.86. The molecule has 11 heavy (non-hydrogen) atoms. The van der Waals surface area contributed by atoms with Gasteiger partial charge in [-0.3, -0.25) is 0 Å². The Bertz CT molecular complexity index is 119. The number of rotatable bonds is 4. The molecule has 0 bridgehead atoms. The first-order valence-corrected chi connectivity index (χ1v) is 3.45. The van der Waals surface area contributed by atoms with Crippen molar-refractivity contribution in [1.82, 2.24) is 5.32 Å². The van der Waals surface area contributed by atoms with Gasteiger partial charge in [-0.05, 0) is 13.0 Å². The van der Waals surface area contributed by atoms with Crippen LogP contribution in [0.25, 0.3) is 0 Å². The van der Waals surface area contributed by atoms with E-state index in [1.54, 1.807) is 0 Å². The van der Waals surface area contributed by atoms with Crippen molar-refractivity contribution in [2.45, 2.75) is 25.6 Å². The van der Waals surface area contributed by atoms with Crippen LogP contribution in [-0.4, -0.2) is 18.8 Å². The summed E-state index contributed by atoms with van der Waals surface area (Å²) >= 11 is 0. The first kappa shape index (κ1) is 10.5. The van der Waals surface area contributed by atoms with Crippen LogP contribution >= 0.6 is 0 Å². The molecular formula is C7H12F3N. The maximum atomic E-state index is 11.9. The van der Waals surface area contributed by atoms with E-state index in [1.807, 2.05) is 6.92 Å². The van der Waals surface area contributed by atoms with Crippen LogP contribution in [0, 0.1) is 0 Å². The van der Waals surface area contributed by atoms with Gasteiger partial charge in [0.1, 0.15) is 6.04 Å². The summed E-state index contributed by atoms with van der Waals surface area (Å²) in [5, 5.41) is 2.32. The minimum atomic E-state index is -4.21. The lowest BCUT2D eigenvalue weighted by molar-refractivity contribution is -0.144. The van der Waals surface area contributed by atoms with Crippen LogP contribution in [0.1, 0.15) is 13.3 Å². The molecule has 0 heterocycles. The summed E-state index contributed by atoms with van der Waals surface area (Å²) in [5.41, 5.74) is 0. The van der Waals surface area contributed by atoms with Gasteiger partial charge in [-0.15, -0.1) is 6.58 Å². The lowest BCUT2D eigenvalue weighted by Crippen LogP contribution is -2.40. The third-order valence-electron chi connectivity index (χ3n) is 1.20. The van der Waals surface area contributed by atoms with Crippen molar-refractivity contribution in [1.29, 1.82) is 0 Å². The average molecular weight is 167 g/mol. The number of alkyl halides is 3. The van der Waals surface area contributed by atoms with Crippen LogP contribution in [0.5, 0.6) is 0 Å². The first-order valence-electron chi connectivity index (χ1n) is 3.45. The van der Waals surface area contributed by atoms with Crippen LogP contribution in [0.3, 0.4) is 0 Å². The summed E-state index contributed by atoms with van der Waals surface area (Å²) in [6, 6.07) is -1.57. The van der Waals surface area contributed by atoms with Gasteiger partial charge >= 0.3 is 6.18 Å². The summed E-state index contributed by atoms with van der Waals surface area (Å²) in [6.07, 6.45) is -2.66. The molecule has 1 nitrogen and oxygen atoms in total. The van der Waals surface area contributed by atoms with Gasteiger partial charge in [-0.25, -0.2) is 0 Å². The Hall–Kier alpha value is -0.510. The van der Waals surface area contributed by atoms with Crippen molar-refractivity contribution in [3.63, 3.8) is 0 Å². The van der Waals surface area contributed by atoms with E-state index in [4.69, 9.17) is 0 Å². The Morgan fingerprint density at radius 2 is 2.09 bits per heavy atom. The minimum absolute atomic E-state index is 0.357. The van der Waals surface area contributed by atoms with Gasteiger partial charge in [0.2, 0.25) is 0 Å². The maximum absolute atomic E-state index is 11.9. The van der Waals surface area contributed by atoms with E-state index < -0.39 is 12.2 Å². The summed E-state index contributed by atoms with van der Waals surface area (Å²) in [4.78, 5) is 0. The van der Waals surface area contributed by atoms with Crippen LogP contribution in [0.4, 0.5) is 13.2 Å². The average Bonchev–Trinajstić information content (AvgIpc) is 1.87. The van der Waals surface area contributed by atoms with Crippen molar-refractivity contribution in [3.8, 4) is 0 Å². The molecule has 0 spiro atoms. The smallest absolute Gasteiger partial charge is 0.303 e. The molecule has 0 aromatic rings. The fourth-order valence-corrected chi connectivity index (χ4v) is 0.633. The van der Waals surface area contributed by atoms with Gasteiger partial charge in [0.05, 0.1) is 0 Å². The van der Waals surface area contributed by atoms with E-state index in [2.05, 4.69) is 11.9 Å². The zero-order valence-corrected chi connectivity index (χ0v) is 6.41. The van der Waals surface area contributed by atoms with Crippen LogP contribution in [0.15, 0.2) is 12.7 Å². The maximum Gasteiger partial charge on any atom is 0.407 e. The highest BCUT2D eigenvalue weighted by Gasteiger charge is 2.36. The van der Waals surface area contributed by atoms with Crippen LogP contribution in [0.2, 0.25) is 0 Å². The molecule has 4 heteroatoms. The van der Waals surface area contributed by atoms with Gasteiger partial charge in [0.25, 0.3) is 0 Å². The Morgan fingerprint density at radius 3 is 2.36 bits per heavy atom. The van der Waals surface area contributed by atoms with Crippen molar-refractivity contribution in [2.75, 3.05) is 6.54 Å². The molecule has 0 rings (SSSR count). The van der Waals surface area contributed by atoms with E-state index in [-0.39, 0.29) is 0 Å².